The van der Waals surface area contributed by atoms with Gasteiger partial charge in [0.05, 0.1) is 0 Å². The monoisotopic (exact) mass is 309 g/mol. The van der Waals surface area contributed by atoms with Gasteiger partial charge in [-0.2, -0.15) is 0 Å². The van der Waals surface area contributed by atoms with Gasteiger partial charge in [0.1, 0.15) is 15.8 Å². The van der Waals surface area contributed by atoms with Crippen molar-refractivity contribution in [2.45, 2.75) is 13.0 Å². The fourth-order valence-corrected chi connectivity index (χ4v) is 3.05. The van der Waals surface area contributed by atoms with Gasteiger partial charge in [0.25, 0.3) is 0 Å². The Kier molecular flexibility index (Phi) is 4.44. The van der Waals surface area contributed by atoms with E-state index in [0.717, 1.165) is 37.7 Å². The summed E-state index contributed by atoms with van der Waals surface area (Å²) in [6, 6.07) is 5.91. The number of nitrogens with zero attached hydrogens (tertiary/aromatic N) is 4. The molecule has 2 aromatic heterocycles. The van der Waals surface area contributed by atoms with E-state index in [-0.39, 0.29) is 0 Å². The second-order valence-corrected chi connectivity index (χ2v) is 6.34. The van der Waals surface area contributed by atoms with Gasteiger partial charge in [0.2, 0.25) is 0 Å². The highest BCUT2D eigenvalue weighted by Crippen LogP contribution is 2.23. The van der Waals surface area contributed by atoms with E-state index in [9.17, 15) is 0 Å². The average molecular weight is 310 g/mol. The number of anilines is 1. The van der Waals surface area contributed by atoms with Crippen LogP contribution in [0.1, 0.15) is 12.1 Å². The van der Waals surface area contributed by atoms with Crippen LogP contribution in [0, 0.1) is 5.92 Å². The Labute approximate surface area is 127 Å². The molecule has 7 heteroatoms. The SMILES string of the molecule is Clc1snnc1CN1CCC(CNc2ccccn2)C1. The zero-order chi connectivity index (χ0) is 13.8. The zero-order valence-electron chi connectivity index (χ0n) is 11.0. The van der Waals surface area contributed by atoms with Gasteiger partial charge in [0.15, 0.2) is 0 Å². The van der Waals surface area contributed by atoms with Crippen molar-refractivity contribution in [1.82, 2.24) is 19.5 Å². The molecule has 1 aliphatic rings. The predicted octanol–water partition coefficient (Wildman–Crippen LogP) is 2.52. The van der Waals surface area contributed by atoms with Gasteiger partial charge in [-0.05, 0) is 31.0 Å². The van der Waals surface area contributed by atoms with E-state index >= 15 is 0 Å². The molecule has 1 saturated heterocycles. The van der Waals surface area contributed by atoms with Crippen LogP contribution in [0.4, 0.5) is 5.82 Å². The minimum Gasteiger partial charge on any atom is -0.370 e. The standard InChI is InChI=1S/C13H16ClN5S/c14-13-11(17-18-20-13)9-19-6-4-10(8-19)7-16-12-3-1-2-5-15-12/h1-3,5,10H,4,6-9H2,(H,15,16). The molecule has 2 aromatic rings. The topological polar surface area (TPSA) is 53.9 Å². The third-order valence-electron chi connectivity index (χ3n) is 3.49. The van der Waals surface area contributed by atoms with Gasteiger partial charge in [-0.3, -0.25) is 4.90 Å². The van der Waals surface area contributed by atoms with Crippen molar-refractivity contribution in [2.75, 3.05) is 25.0 Å². The van der Waals surface area contributed by atoms with E-state index in [1.54, 1.807) is 6.20 Å². The number of hydrogen-bond acceptors (Lipinski definition) is 6. The third kappa shape index (κ3) is 3.45. The Morgan fingerprint density at radius 1 is 1.45 bits per heavy atom. The van der Waals surface area contributed by atoms with Crippen LogP contribution in [0.15, 0.2) is 24.4 Å². The summed E-state index contributed by atoms with van der Waals surface area (Å²) in [4.78, 5) is 6.65. The molecule has 0 aromatic carbocycles. The van der Waals surface area contributed by atoms with E-state index in [1.807, 2.05) is 18.2 Å². The van der Waals surface area contributed by atoms with Crippen LogP contribution in [0.5, 0.6) is 0 Å². The summed E-state index contributed by atoms with van der Waals surface area (Å²) in [5, 5.41) is 7.45. The van der Waals surface area contributed by atoms with E-state index < -0.39 is 0 Å². The molecule has 0 bridgehead atoms. The highest BCUT2D eigenvalue weighted by atomic mass is 35.5. The Balaban J connectivity index is 1.46. The smallest absolute Gasteiger partial charge is 0.138 e. The first kappa shape index (κ1) is 13.7. The van der Waals surface area contributed by atoms with Gasteiger partial charge in [0, 0.05) is 37.4 Å². The third-order valence-corrected chi connectivity index (χ3v) is 4.47. The second kappa shape index (κ2) is 6.47. The first-order valence-electron chi connectivity index (χ1n) is 6.65. The van der Waals surface area contributed by atoms with Crippen molar-refractivity contribution < 1.29 is 0 Å². The quantitative estimate of drug-likeness (QED) is 0.920. The van der Waals surface area contributed by atoms with Crippen molar-refractivity contribution in [2.24, 2.45) is 5.92 Å². The number of nitrogens with one attached hydrogen (secondary N) is 1. The largest absolute Gasteiger partial charge is 0.370 e. The number of pyridine rings is 1. The molecule has 0 amide bonds. The van der Waals surface area contributed by atoms with Gasteiger partial charge >= 0.3 is 0 Å². The van der Waals surface area contributed by atoms with Crippen molar-refractivity contribution in [3.05, 3.63) is 34.4 Å². The van der Waals surface area contributed by atoms with Crippen LogP contribution in [0.3, 0.4) is 0 Å². The highest BCUT2D eigenvalue weighted by molar-refractivity contribution is 7.10. The summed E-state index contributed by atoms with van der Waals surface area (Å²) in [6.07, 6.45) is 3.00. The number of likely N-dealkylation sites (tertiary alicyclic amines) is 1. The van der Waals surface area contributed by atoms with Crippen molar-refractivity contribution >= 4 is 29.0 Å². The molecule has 0 saturated carbocycles. The minimum atomic E-state index is 0.641. The molecule has 1 N–H and O–H groups in total. The van der Waals surface area contributed by atoms with Gasteiger partial charge < -0.3 is 5.32 Å². The minimum absolute atomic E-state index is 0.641. The summed E-state index contributed by atoms with van der Waals surface area (Å²) in [5.41, 5.74) is 0.898. The molecule has 0 radical (unpaired) electrons. The number of hydrogen-bond donors (Lipinski definition) is 1. The summed E-state index contributed by atoms with van der Waals surface area (Å²) >= 11 is 7.30. The maximum absolute atomic E-state index is 6.04. The van der Waals surface area contributed by atoms with Crippen LogP contribution in [0.2, 0.25) is 4.34 Å². The molecule has 1 atom stereocenters. The molecule has 3 heterocycles. The average Bonchev–Trinajstić information content (AvgIpc) is 3.08. The summed E-state index contributed by atoms with van der Waals surface area (Å²) in [5.74, 6) is 1.58. The number of halogens is 1. The maximum atomic E-state index is 6.04. The summed E-state index contributed by atoms with van der Waals surface area (Å²) in [6.45, 7) is 3.90. The fourth-order valence-electron chi connectivity index (χ4n) is 2.44. The molecule has 5 nitrogen and oxygen atoms in total. The Morgan fingerprint density at radius 3 is 3.15 bits per heavy atom. The van der Waals surface area contributed by atoms with Crippen LogP contribution in [-0.4, -0.2) is 39.1 Å². The normalized spacial score (nSPS) is 19.4. The van der Waals surface area contributed by atoms with E-state index in [2.05, 4.69) is 24.8 Å². The molecule has 3 rings (SSSR count). The molecule has 0 aliphatic carbocycles. The highest BCUT2D eigenvalue weighted by Gasteiger charge is 2.23. The maximum Gasteiger partial charge on any atom is 0.138 e. The molecular weight excluding hydrogens is 294 g/mol. The second-order valence-electron chi connectivity index (χ2n) is 4.98. The van der Waals surface area contributed by atoms with E-state index in [0.29, 0.717) is 10.3 Å². The van der Waals surface area contributed by atoms with Gasteiger partial charge in [-0.1, -0.05) is 22.2 Å². The lowest BCUT2D eigenvalue weighted by atomic mass is 10.1. The van der Waals surface area contributed by atoms with Crippen LogP contribution >= 0.6 is 23.1 Å². The van der Waals surface area contributed by atoms with Crippen molar-refractivity contribution in [3.8, 4) is 0 Å². The Bertz CT molecular complexity index is 547. The zero-order valence-corrected chi connectivity index (χ0v) is 12.6. The predicted molar refractivity (Wildman–Crippen MR) is 81.0 cm³/mol. The van der Waals surface area contributed by atoms with Crippen LogP contribution in [0.25, 0.3) is 0 Å². The Hall–Kier alpha value is -1.24. The van der Waals surface area contributed by atoms with Crippen molar-refractivity contribution in [1.29, 1.82) is 0 Å². The van der Waals surface area contributed by atoms with Gasteiger partial charge in [-0.15, -0.1) is 5.10 Å². The molecule has 106 valence electrons. The van der Waals surface area contributed by atoms with E-state index in [1.165, 1.54) is 18.0 Å². The van der Waals surface area contributed by atoms with Crippen LogP contribution < -0.4 is 5.32 Å². The molecule has 1 fully saturated rings. The number of aromatic nitrogens is 3. The number of rotatable bonds is 5. The van der Waals surface area contributed by atoms with Gasteiger partial charge in [-0.25, -0.2) is 4.98 Å². The molecule has 1 aliphatic heterocycles. The van der Waals surface area contributed by atoms with Crippen molar-refractivity contribution in [3.63, 3.8) is 0 Å². The molecule has 1 unspecified atom stereocenters. The first-order chi connectivity index (χ1) is 9.81. The lowest BCUT2D eigenvalue weighted by Gasteiger charge is -2.15. The summed E-state index contributed by atoms with van der Waals surface area (Å²) < 4.78 is 4.58. The molecular formula is C13H16ClN5S. The Morgan fingerprint density at radius 2 is 2.40 bits per heavy atom. The van der Waals surface area contributed by atoms with E-state index in [4.69, 9.17) is 11.6 Å². The lowest BCUT2D eigenvalue weighted by Crippen LogP contribution is -2.23. The fraction of sp³-hybridized carbons (Fsp3) is 0.462. The lowest BCUT2D eigenvalue weighted by molar-refractivity contribution is 0.315. The van der Waals surface area contributed by atoms with Crippen LogP contribution in [-0.2, 0) is 6.54 Å². The molecule has 0 spiro atoms. The summed E-state index contributed by atoms with van der Waals surface area (Å²) in [7, 11) is 0. The first-order valence-corrected chi connectivity index (χ1v) is 7.80. The molecule has 20 heavy (non-hydrogen) atoms.